The summed E-state index contributed by atoms with van der Waals surface area (Å²) in [7, 11) is 0. The van der Waals surface area contributed by atoms with Crippen molar-refractivity contribution in [2.45, 2.75) is 29.1 Å². The van der Waals surface area contributed by atoms with E-state index >= 15 is 0 Å². The molecule has 4 heteroatoms. The molecule has 2 aliphatic rings. The topological polar surface area (TPSA) is 16.4 Å². The van der Waals surface area contributed by atoms with Gasteiger partial charge < -0.3 is 9.32 Å². The molecule has 12 rings (SSSR count). The molecule has 0 N–H and O–H groups in total. The summed E-state index contributed by atoms with van der Waals surface area (Å²) in [5.41, 5.74) is 20.1. The lowest BCUT2D eigenvalue weighted by Crippen LogP contribution is -2.15. The maximum absolute atomic E-state index is 6.35. The second-order valence-electron chi connectivity index (χ2n) is 16.8. The Labute approximate surface area is 370 Å². The van der Waals surface area contributed by atoms with Gasteiger partial charge >= 0.3 is 0 Å². The van der Waals surface area contributed by atoms with Gasteiger partial charge in [0.25, 0.3) is 0 Å². The molecule has 10 aromatic rings. The predicted octanol–water partition coefficient (Wildman–Crippen LogP) is 17.2. The normalized spacial score (nSPS) is 13.6. The van der Waals surface area contributed by atoms with E-state index in [4.69, 9.17) is 4.42 Å². The molecule has 2 nitrogen and oxygen atoms in total. The Bertz CT molecular complexity index is 3360. The van der Waals surface area contributed by atoms with Crippen LogP contribution < -0.4 is 4.90 Å². The first-order valence-electron chi connectivity index (χ1n) is 21.2. The summed E-state index contributed by atoms with van der Waals surface area (Å²) in [6.07, 6.45) is 0. The second kappa shape index (κ2) is 14.7. The Hall–Kier alpha value is -6.72. The van der Waals surface area contributed by atoms with Gasteiger partial charge in [-0.25, -0.2) is 0 Å². The third-order valence-electron chi connectivity index (χ3n) is 12.9. The van der Waals surface area contributed by atoms with Gasteiger partial charge in [0.1, 0.15) is 11.2 Å². The van der Waals surface area contributed by atoms with E-state index in [1.54, 1.807) is 0 Å². The number of thioether (sulfide) groups is 2. The number of nitrogens with zero attached hydrogens (tertiary/aromatic N) is 1. The second-order valence-corrected chi connectivity index (χ2v) is 19.2. The Morgan fingerprint density at radius 3 is 1.90 bits per heavy atom. The van der Waals surface area contributed by atoms with Crippen molar-refractivity contribution in [3.05, 3.63) is 211 Å². The number of fused-ring (bicyclic) bond motifs is 7. The maximum atomic E-state index is 6.35. The minimum Gasteiger partial charge on any atom is -0.456 e. The number of hydrogen-bond acceptors (Lipinski definition) is 4. The molecule has 1 aromatic heterocycles. The molecule has 0 atom stereocenters. The molecule has 0 saturated carbocycles. The molecule has 0 radical (unpaired) electrons. The third-order valence-corrected chi connectivity index (χ3v) is 15.3. The highest BCUT2D eigenvalue weighted by molar-refractivity contribution is 8.18. The SMILES string of the molecule is CC1(C)c2ccccc2-c2cc(-c3cccc4c3SCS4)c(-c3cccc(N(c4ccc(-c5ccccc5)cc4)c4cccc(-c5ccc6c(c5)oc5ccccc56)c4)c3)cc21. The molecule has 1 aliphatic heterocycles. The molecule has 2 heterocycles. The minimum absolute atomic E-state index is 0.127. The van der Waals surface area contributed by atoms with E-state index in [0.29, 0.717) is 0 Å². The van der Waals surface area contributed by atoms with Crippen molar-refractivity contribution in [2.24, 2.45) is 0 Å². The van der Waals surface area contributed by atoms with Crippen molar-refractivity contribution in [1.29, 1.82) is 0 Å². The molecule has 296 valence electrons. The molecule has 0 unspecified atom stereocenters. The van der Waals surface area contributed by atoms with Crippen LogP contribution in [0, 0.1) is 0 Å². The zero-order valence-corrected chi connectivity index (χ0v) is 36.1. The van der Waals surface area contributed by atoms with Gasteiger partial charge in [-0.1, -0.05) is 141 Å². The number of hydrogen-bond donors (Lipinski definition) is 0. The van der Waals surface area contributed by atoms with Crippen molar-refractivity contribution < 1.29 is 4.42 Å². The van der Waals surface area contributed by atoms with Gasteiger partial charge in [-0.2, -0.15) is 0 Å². The summed E-state index contributed by atoms with van der Waals surface area (Å²) in [6, 6.07) is 73.4. The van der Waals surface area contributed by atoms with E-state index in [0.717, 1.165) is 55.2 Å². The van der Waals surface area contributed by atoms with Gasteiger partial charge in [-0.15, -0.1) is 23.5 Å². The van der Waals surface area contributed by atoms with E-state index in [-0.39, 0.29) is 5.41 Å². The molecule has 0 fully saturated rings. The van der Waals surface area contributed by atoms with Gasteiger partial charge in [0.05, 0.1) is 0 Å². The summed E-state index contributed by atoms with van der Waals surface area (Å²) in [6.45, 7) is 4.76. The molecule has 62 heavy (non-hydrogen) atoms. The Kier molecular flexibility index (Phi) is 8.81. The summed E-state index contributed by atoms with van der Waals surface area (Å²) >= 11 is 3.91. The predicted molar refractivity (Wildman–Crippen MR) is 264 cm³/mol. The summed E-state index contributed by atoms with van der Waals surface area (Å²) in [5, 5.41) is 3.32. The van der Waals surface area contributed by atoms with Crippen LogP contribution in [-0.2, 0) is 5.41 Å². The van der Waals surface area contributed by atoms with Gasteiger partial charge in [0.2, 0.25) is 0 Å². The molecule has 0 saturated heterocycles. The van der Waals surface area contributed by atoms with E-state index in [1.807, 2.05) is 35.7 Å². The van der Waals surface area contributed by atoms with Crippen LogP contribution in [-0.4, -0.2) is 5.08 Å². The standard InChI is InChI=1S/C58H41NOS2/c1-58(2)52-22-8-6-19-45(52)51-34-50(48-21-12-24-56-57(48)62-36-61-56)49(35-53(51)58)41-16-11-18-44(32-41)59(42-28-25-38(26-29-42)37-13-4-3-5-14-37)43-17-10-15-39(31-43)40-27-30-47-46-20-7-9-23-54(46)60-55(47)33-40/h3-35H,36H2,1-2H3. The number of rotatable bonds is 7. The van der Waals surface area contributed by atoms with Gasteiger partial charge in [-0.05, 0) is 140 Å². The molecule has 1 aliphatic carbocycles. The number of anilines is 3. The number of furan rings is 1. The Balaban J connectivity index is 1.03. The lowest BCUT2D eigenvalue weighted by atomic mass is 9.80. The molecular weight excluding hydrogens is 791 g/mol. The largest absolute Gasteiger partial charge is 0.456 e. The van der Waals surface area contributed by atoms with Gasteiger partial charge in [0, 0.05) is 48.1 Å². The van der Waals surface area contributed by atoms with Crippen LogP contribution in [0.1, 0.15) is 25.0 Å². The van der Waals surface area contributed by atoms with Crippen molar-refractivity contribution >= 4 is 62.5 Å². The zero-order valence-electron chi connectivity index (χ0n) is 34.4. The average Bonchev–Trinajstić information content (AvgIpc) is 4.02. The van der Waals surface area contributed by atoms with Crippen molar-refractivity contribution in [2.75, 3.05) is 9.98 Å². The third kappa shape index (κ3) is 6.12. The highest BCUT2D eigenvalue weighted by Gasteiger charge is 2.36. The smallest absolute Gasteiger partial charge is 0.136 e. The first kappa shape index (κ1) is 37.1. The molecule has 0 spiro atoms. The number of benzene rings is 9. The summed E-state index contributed by atoms with van der Waals surface area (Å²) in [5.74, 6) is 0. The van der Waals surface area contributed by atoms with Crippen LogP contribution in [0.2, 0.25) is 0 Å². The van der Waals surface area contributed by atoms with Crippen LogP contribution in [0.5, 0.6) is 0 Å². The first-order chi connectivity index (χ1) is 30.5. The van der Waals surface area contributed by atoms with E-state index < -0.39 is 0 Å². The Morgan fingerprint density at radius 1 is 0.403 bits per heavy atom. The fourth-order valence-electron chi connectivity index (χ4n) is 9.78. The van der Waals surface area contributed by atoms with Crippen molar-refractivity contribution in [3.8, 4) is 55.6 Å². The monoisotopic (exact) mass is 831 g/mol. The summed E-state index contributed by atoms with van der Waals surface area (Å²) in [4.78, 5) is 5.16. The molecule has 0 amide bonds. The van der Waals surface area contributed by atoms with E-state index in [1.165, 1.54) is 65.4 Å². The summed E-state index contributed by atoms with van der Waals surface area (Å²) < 4.78 is 6.35. The fraction of sp³-hybridized carbons (Fsp3) is 0.0690. The first-order valence-corrected chi connectivity index (χ1v) is 23.2. The van der Waals surface area contributed by atoms with Crippen molar-refractivity contribution in [1.82, 2.24) is 0 Å². The highest BCUT2D eigenvalue weighted by atomic mass is 32.2. The zero-order chi connectivity index (χ0) is 41.4. The number of para-hydroxylation sites is 1. The van der Waals surface area contributed by atoms with Crippen LogP contribution in [0.15, 0.2) is 214 Å². The molecule has 0 bridgehead atoms. The molecular formula is C58H41NOS2. The van der Waals surface area contributed by atoms with E-state index in [9.17, 15) is 0 Å². The lowest BCUT2D eigenvalue weighted by molar-refractivity contribution is 0.660. The van der Waals surface area contributed by atoms with Crippen LogP contribution in [0.4, 0.5) is 17.1 Å². The highest BCUT2D eigenvalue weighted by Crippen LogP contribution is 2.54. The lowest BCUT2D eigenvalue weighted by Gasteiger charge is -2.27. The molecule has 9 aromatic carbocycles. The van der Waals surface area contributed by atoms with Crippen LogP contribution in [0.25, 0.3) is 77.6 Å². The van der Waals surface area contributed by atoms with Crippen LogP contribution >= 0.6 is 23.5 Å². The average molecular weight is 832 g/mol. The Morgan fingerprint density at radius 2 is 1.05 bits per heavy atom. The van der Waals surface area contributed by atoms with E-state index in [2.05, 4.69) is 207 Å². The maximum Gasteiger partial charge on any atom is 0.136 e. The fourth-order valence-corrected chi connectivity index (χ4v) is 12.3. The van der Waals surface area contributed by atoms with Crippen LogP contribution in [0.3, 0.4) is 0 Å². The van der Waals surface area contributed by atoms with Crippen molar-refractivity contribution in [3.63, 3.8) is 0 Å². The quantitative estimate of drug-likeness (QED) is 0.159. The minimum atomic E-state index is -0.127. The van der Waals surface area contributed by atoms with Gasteiger partial charge in [0.15, 0.2) is 0 Å². The van der Waals surface area contributed by atoms with Gasteiger partial charge in [-0.3, -0.25) is 0 Å².